The van der Waals surface area contributed by atoms with Gasteiger partial charge >= 0.3 is 0 Å². The number of ether oxygens (including phenoxy) is 1. The number of methoxy groups -OCH3 is 1. The van der Waals surface area contributed by atoms with Crippen molar-refractivity contribution in [3.8, 4) is 0 Å². The van der Waals surface area contributed by atoms with Gasteiger partial charge in [0.1, 0.15) is 11.6 Å². The molecular weight excluding hydrogens is 230 g/mol. The van der Waals surface area contributed by atoms with E-state index in [1.54, 1.807) is 0 Å². The van der Waals surface area contributed by atoms with Gasteiger partial charge in [-0.2, -0.15) is 0 Å². The standard InChI is InChI=1S/C11H14F2N2O2/c1-17-6-8(5-14)15-11(16)9-3-2-7(12)4-10(9)13/h2-4,8H,5-6,14H2,1H3,(H,15,16). The van der Waals surface area contributed by atoms with E-state index in [1.165, 1.54) is 7.11 Å². The van der Waals surface area contributed by atoms with Gasteiger partial charge in [-0.25, -0.2) is 8.78 Å². The van der Waals surface area contributed by atoms with E-state index in [4.69, 9.17) is 10.5 Å². The second-order valence-corrected chi connectivity index (χ2v) is 3.49. The van der Waals surface area contributed by atoms with E-state index >= 15 is 0 Å². The minimum absolute atomic E-state index is 0.169. The highest BCUT2D eigenvalue weighted by atomic mass is 19.1. The number of hydrogen-bond acceptors (Lipinski definition) is 3. The minimum Gasteiger partial charge on any atom is -0.383 e. The van der Waals surface area contributed by atoms with Gasteiger partial charge < -0.3 is 15.8 Å². The molecule has 94 valence electrons. The van der Waals surface area contributed by atoms with Crippen molar-refractivity contribution in [2.75, 3.05) is 20.3 Å². The maximum absolute atomic E-state index is 13.3. The van der Waals surface area contributed by atoms with Gasteiger partial charge in [0.05, 0.1) is 18.2 Å². The van der Waals surface area contributed by atoms with Crippen LogP contribution in [-0.4, -0.2) is 32.2 Å². The first-order valence-corrected chi connectivity index (χ1v) is 5.03. The van der Waals surface area contributed by atoms with Crippen LogP contribution in [0, 0.1) is 11.6 Å². The Morgan fingerprint density at radius 3 is 2.76 bits per heavy atom. The molecule has 0 aliphatic carbocycles. The first kappa shape index (κ1) is 13.5. The number of amides is 1. The molecule has 0 spiro atoms. The van der Waals surface area contributed by atoms with Crippen LogP contribution >= 0.6 is 0 Å². The summed E-state index contributed by atoms with van der Waals surface area (Å²) in [6.07, 6.45) is 0. The Labute approximate surface area is 97.8 Å². The van der Waals surface area contributed by atoms with Gasteiger partial charge in [-0.15, -0.1) is 0 Å². The molecule has 0 saturated heterocycles. The molecule has 3 N–H and O–H groups in total. The molecule has 0 fully saturated rings. The first-order valence-electron chi connectivity index (χ1n) is 5.03. The number of nitrogens with two attached hydrogens (primary N) is 1. The summed E-state index contributed by atoms with van der Waals surface area (Å²) >= 11 is 0. The van der Waals surface area contributed by atoms with Gasteiger partial charge in [0.25, 0.3) is 5.91 Å². The van der Waals surface area contributed by atoms with Crippen LogP contribution in [0.5, 0.6) is 0 Å². The predicted octanol–water partition coefficient (Wildman–Crippen LogP) is 0.668. The van der Waals surface area contributed by atoms with Crippen LogP contribution < -0.4 is 11.1 Å². The van der Waals surface area contributed by atoms with Crippen LogP contribution in [0.25, 0.3) is 0 Å². The number of hydrogen-bond donors (Lipinski definition) is 2. The number of rotatable bonds is 5. The highest BCUT2D eigenvalue weighted by Gasteiger charge is 2.16. The predicted molar refractivity (Wildman–Crippen MR) is 58.5 cm³/mol. The summed E-state index contributed by atoms with van der Waals surface area (Å²) in [6.45, 7) is 0.396. The van der Waals surface area contributed by atoms with Gasteiger partial charge in [0.2, 0.25) is 0 Å². The summed E-state index contributed by atoms with van der Waals surface area (Å²) in [5.74, 6) is -2.28. The molecule has 1 unspecified atom stereocenters. The molecule has 0 aromatic heterocycles. The fraction of sp³-hybridized carbons (Fsp3) is 0.364. The summed E-state index contributed by atoms with van der Waals surface area (Å²) in [5, 5.41) is 2.49. The molecule has 1 aromatic carbocycles. The molecule has 0 saturated carbocycles. The lowest BCUT2D eigenvalue weighted by Gasteiger charge is -2.15. The van der Waals surface area contributed by atoms with E-state index in [0.717, 1.165) is 12.1 Å². The Bertz CT molecular complexity index is 399. The Balaban J connectivity index is 2.75. The van der Waals surface area contributed by atoms with E-state index in [0.29, 0.717) is 6.07 Å². The lowest BCUT2D eigenvalue weighted by atomic mass is 10.2. The van der Waals surface area contributed by atoms with Crippen LogP contribution in [0.2, 0.25) is 0 Å². The third-order valence-electron chi connectivity index (χ3n) is 2.16. The summed E-state index contributed by atoms with van der Waals surface area (Å²) < 4.78 is 30.8. The Kier molecular flexibility index (Phi) is 4.99. The fourth-order valence-electron chi connectivity index (χ4n) is 1.31. The highest BCUT2D eigenvalue weighted by molar-refractivity contribution is 5.94. The summed E-state index contributed by atoms with van der Waals surface area (Å²) in [6, 6.07) is 2.35. The second-order valence-electron chi connectivity index (χ2n) is 3.49. The fourth-order valence-corrected chi connectivity index (χ4v) is 1.31. The molecule has 0 heterocycles. The molecule has 0 aliphatic rings. The van der Waals surface area contributed by atoms with Crippen molar-refractivity contribution in [3.05, 3.63) is 35.4 Å². The number of benzene rings is 1. The quantitative estimate of drug-likeness (QED) is 0.800. The monoisotopic (exact) mass is 244 g/mol. The van der Waals surface area contributed by atoms with Gasteiger partial charge in [0, 0.05) is 19.7 Å². The largest absolute Gasteiger partial charge is 0.383 e. The van der Waals surface area contributed by atoms with E-state index in [-0.39, 0.29) is 18.7 Å². The SMILES string of the molecule is COCC(CN)NC(=O)c1ccc(F)cc1F. The van der Waals surface area contributed by atoms with Crippen LogP contribution in [0.15, 0.2) is 18.2 Å². The van der Waals surface area contributed by atoms with Gasteiger partial charge in [-0.05, 0) is 12.1 Å². The van der Waals surface area contributed by atoms with E-state index in [9.17, 15) is 13.6 Å². The van der Waals surface area contributed by atoms with E-state index in [2.05, 4.69) is 5.32 Å². The molecular formula is C11H14F2N2O2. The van der Waals surface area contributed by atoms with Crippen molar-refractivity contribution in [2.45, 2.75) is 6.04 Å². The number of carbonyl (C=O) groups excluding carboxylic acids is 1. The zero-order chi connectivity index (χ0) is 12.8. The maximum atomic E-state index is 13.3. The molecule has 1 atom stereocenters. The topological polar surface area (TPSA) is 64.3 Å². The minimum atomic E-state index is -0.907. The van der Waals surface area contributed by atoms with Gasteiger partial charge in [0.15, 0.2) is 0 Å². The zero-order valence-electron chi connectivity index (χ0n) is 9.37. The molecule has 0 radical (unpaired) electrons. The molecule has 0 bridgehead atoms. The third-order valence-corrected chi connectivity index (χ3v) is 2.16. The Morgan fingerprint density at radius 2 is 2.24 bits per heavy atom. The van der Waals surface area contributed by atoms with Crippen molar-refractivity contribution < 1.29 is 18.3 Å². The van der Waals surface area contributed by atoms with Gasteiger partial charge in [-0.3, -0.25) is 4.79 Å². The summed E-state index contributed by atoms with van der Waals surface area (Å²) in [5.41, 5.74) is 5.18. The van der Waals surface area contributed by atoms with Crippen LogP contribution in [0.4, 0.5) is 8.78 Å². The lowest BCUT2D eigenvalue weighted by molar-refractivity contribution is 0.0896. The zero-order valence-corrected chi connectivity index (χ0v) is 9.37. The number of nitrogens with one attached hydrogen (secondary N) is 1. The van der Waals surface area contributed by atoms with E-state index < -0.39 is 23.6 Å². The highest BCUT2D eigenvalue weighted by Crippen LogP contribution is 2.09. The molecule has 0 aliphatic heterocycles. The average Bonchev–Trinajstić information content (AvgIpc) is 2.28. The van der Waals surface area contributed by atoms with E-state index in [1.807, 2.05) is 0 Å². The second kappa shape index (κ2) is 6.27. The Morgan fingerprint density at radius 1 is 1.53 bits per heavy atom. The molecule has 6 heteroatoms. The maximum Gasteiger partial charge on any atom is 0.254 e. The van der Waals surface area contributed by atoms with Crippen molar-refractivity contribution in [1.82, 2.24) is 5.32 Å². The van der Waals surface area contributed by atoms with Crippen molar-refractivity contribution in [2.24, 2.45) is 5.73 Å². The molecule has 1 amide bonds. The molecule has 4 nitrogen and oxygen atoms in total. The Hall–Kier alpha value is -1.53. The van der Waals surface area contributed by atoms with Crippen molar-refractivity contribution >= 4 is 5.91 Å². The smallest absolute Gasteiger partial charge is 0.254 e. The normalized spacial score (nSPS) is 12.2. The average molecular weight is 244 g/mol. The lowest BCUT2D eigenvalue weighted by Crippen LogP contribution is -2.43. The summed E-state index contributed by atoms with van der Waals surface area (Å²) in [4.78, 5) is 11.6. The molecule has 1 rings (SSSR count). The van der Waals surface area contributed by atoms with Gasteiger partial charge in [-0.1, -0.05) is 0 Å². The first-order chi connectivity index (χ1) is 8.08. The number of carbonyl (C=O) groups is 1. The van der Waals surface area contributed by atoms with Crippen LogP contribution in [-0.2, 0) is 4.74 Å². The summed E-state index contributed by atoms with van der Waals surface area (Å²) in [7, 11) is 1.47. The van der Waals surface area contributed by atoms with Crippen LogP contribution in [0.1, 0.15) is 10.4 Å². The van der Waals surface area contributed by atoms with Crippen molar-refractivity contribution in [1.29, 1.82) is 0 Å². The number of halogens is 2. The third kappa shape index (κ3) is 3.76. The van der Waals surface area contributed by atoms with Crippen molar-refractivity contribution in [3.63, 3.8) is 0 Å². The van der Waals surface area contributed by atoms with Crippen LogP contribution in [0.3, 0.4) is 0 Å². The molecule has 17 heavy (non-hydrogen) atoms. The molecule has 1 aromatic rings.